The zero-order valence-corrected chi connectivity index (χ0v) is 18.5. The van der Waals surface area contributed by atoms with Crippen molar-refractivity contribution >= 4 is 28.5 Å². The third kappa shape index (κ3) is 2.97. The van der Waals surface area contributed by atoms with Gasteiger partial charge in [0.25, 0.3) is 5.91 Å². The number of nitrogens with two attached hydrogens (primary N) is 1. The van der Waals surface area contributed by atoms with Crippen LogP contribution >= 0.6 is 0 Å². The largest absolute Gasteiger partial charge is 0.461 e. The quantitative estimate of drug-likeness (QED) is 0.432. The lowest BCUT2D eigenvalue weighted by molar-refractivity contribution is -0.142. The predicted molar refractivity (Wildman–Crippen MR) is 123 cm³/mol. The first-order valence-electron chi connectivity index (χ1n) is 10.9. The number of amides is 1. The van der Waals surface area contributed by atoms with E-state index in [0.29, 0.717) is 54.6 Å². The van der Waals surface area contributed by atoms with Gasteiger partial charge < -0.3 is 19.8 Å². The van der Waals surface area contributed by atoms with E-state index in [1.807, 2.05) is 37.3 Å². The maximum absolute atomic E-state index is 14.0. The number of hydrogen-bond donors (Lipinski definition) is 1. The molecule has 11 nitrogen and oxygen atoms in total. The lowest BCUT2D eigenvalue weighted by Crippen LogP contribution is -2.53. The number of morpholine rings is 1. The van der Waals surface area contributed by atoms with Gasteiger partial charge >= 0.3 is 0 Å². The van der Waals surface area contributed by atoms with Gasteiger partial charge in [-0.25, -0.2) is 9.67 Å². The molecular formula is C23H22N8O3. The topological polar surface area (TPSA) is 130 Å². The Hall–Kier alpha value is -4.25. The van der Waals surface area contributed by atoms with Gasteiger partial charge in [-0.2, -0.15) is 14.6 Å². The van der Waals surface area contributed by atoms with Gasteiger partial charge in [0, 0.05) is 13.1 Å². The number of carbonyl (C=O) groups excluding carboxylic acids is 1. The van der Waals surface area contributed by atoms with Crippen LogP contribution in [0.1, 0.15) is 12.5 Å². The van der Waals surface area contributed by atoms with E-state index in [1.165, 1.54) is 4.52 Å². The van der Waals surface area contributed by atoms with Gasteiger partial charge in [-0.05, 0) is 24.6 Å². The summed E-state index contributed by atoms with van der Waals surface area (Å²) in [6.07, 6.45) is 3.20. The number of anilines is 1. The first-order chi connectivity index (χ1) is 16.6. The van der Waals surface area contributed by atoms with E-state index in [-0.39, 0.29) is 11.9 Å². The molecule has 2 N–H and O–H groups in total. The smallest absolute Gasteiger partial charge is 0.255 e. The van der Waals surface area contributed by atoms with E-state index < -0.39 is 5.54 Å². The normalized spacial score (nSPS) is 16.2. The number of furan rings is 1. The lowest BCUT2D eigenvalue weighted by atomic mass is 9.90. The molecule has 0 aliphatic carbocycles. The van der Waals surface area contributed by atoms with Crippen molar-refractivity contribution < 1.29 is 13.9 Å². The fourth-order valence-corrected chi connectivity index (χ4v) is 4.42. The second kappa shape index (κ2) is 7.66. The van der Waals surface area contributed by atoms with Gasteiger partial charge in [0.05, 0.1) is 31.1 Å². The number of benzene rings is 1. The highest BCUT2D eigenvalue weighted by Gasteiger charge is 2.43. The molecule has 1 aromatic carbocycles. The first kappa shape index (κ1) is 20.4. The molecule has 172 valence electrons. The molecule has 0 saturated carbocycles. The monoisotopic (exact) mass is 458 g/mol. The highest BCUT2D eigenvalue weighted by atomic mass is 16.5. The van der Waals surface area contributed by atoms with Crippen molar-refractivity contribution in [3.63, 3.8) is 0 Å². The number of carbonyl (C=O) groups is 1. The van der Waals surface area contributed by atoms with Crippen LogP contribution in [0.3, 0.4) is 0 Å². The summed E-state index contributed by atoms with van der Waals surface area (Å²) in [6.45, 7) is 3.87. The summed E-state index contributed by atoms with van der Waals surface area (Å²) in [5.74, 6) is 0.933. The molecular weight excluding hydrogens is 436 g/mol. The molecule has 6 rings (SSSR count). The lowest BCUT2D eigenvalue weighted by Gasteiger charge is -2.37. The van der Waals surface area contributed by atoms with Gasteiger partial charge in [-0.3, -0.25) is 4.79 Å². The molecule has 0 spiro atoms. The van der Waals surface area contributed by atoms with Crippen LogP contribution in [0.5, 0.6) is 0 Å². The highest BCUT2D eigenvalue weighted by Crippen LogP contribution is 2.33. The number of rotatable bonds is 4. The van der Waals surface area contributed by atoms with Crippen molar-refractivity contribution in [1.29, 1.82) is 0 Å². The molecule has 1 amide bonds. The highest BCUT2D eigenvalue weighted by molar-refractivity contribution is 5.94. The Morgan fingerprint density at radius 3 is 2.59 bits per heavy atom. The minimum Gasteiger partial charge on any atom is -0.461 e. The van der Waals surface area contributed by atoms with Gasteiger partial charge in [-0.15, -0.1) is 5.10 Å². The number of ether oxygens (including phenoxy) is 1. The molecule has 11 heteroatoms. The molecule has 1 aliphatic heterocycles. The maximum atomic E-state index is 14.0. The Balaban J connectivity index is 1.57. The van der Waals surface area contributed by atoms with E-state index in [0.717, 1.165) is 5.56 Å². The van der Waals surface area contributed by atoms with Gasteiger partial charge in [0.15, 0.2) is 22.6 Å². The zero-order chi connectivity index (χ0) is 23.3. The minimum absolute atomic E-state index is 0.0926. The Morgan fingerprint density at radius 1 is 1.06 bits per heavy atom. The number of nitrogen functional groups attached to an aromatic ring is 1. The molecule has 5 heterocycles. The average molecular weight is 458 g/mol. The summed E-state index contributed by atoms with van der Waals surface area (Å²) in [7, 11) is 0. The van der Waals surface area contributed by atoms with E-state index in [9.17, 15) is 4.79 Å². The molecule has 5 aromatic rings. The van der Waals surface area contributed by atoms with E-state index >= 15 is 0 Å². The van der Waals surface area contributed by atoms with Gasteiger partial charge in [-0.1, -0.05) is 30.3 Å². The molecule has 1 saturated heterocycles. The SMILES string of the molecule is CC(C(=O)N1CCOCC1)(c1ccccc1)n1ncc2c1nc(N)n1nc(-c3ccco3)nc21. The minimum atomic E-state index is -1.16. The Labute approximate surface area is 193 Å². The first-order valence-corrected chi connectivity index (χ1v) is 10.9. The van der Waals surface area contributed by atoms with Crippen molar-refractivity contribution in [2.45, 2.75) is 12.5 Å². The second-order valence-electron chi connectivity index (χ2n) is 8.25. The molecule has 34 heavy (non-hydrogen) atoms. The zero-order valence-electron chi connectivity index (χ0n) is 18.5. The summed E-state index contributed by atoms with van der Waals surface area (Å²) in [5.41, 5.74) is 6.83. The molecule has 1 atom stereocenters. The maximum Gasteiger partial charge on any atom is 0.255 e. The Morgan fingerprint density at radius 2 is 1.85 bits per heavy atom. The van der Waals surface area contributed by atoms with Crippen LogP contribution in [0.25, 0.3) is 28.3 Å². The Bertz CT molecular complexity index is 1490. The summed E-state index contributed by atoms with van der Waals surface area (Å²) in [4.78, 5) is 25.0. The molecule has 1 unspecified atom stereocenters. The average Bonchev–Trinajstić information content (AvgIpc) is 3.63. The standard InChI is InChI=1S/C23H22N8O3/c1-23(15-6-3-2-4-7-15,21(32)29-9-12-33-13-10-29)31-20-16(14-25-31)19-26-18(17-8-5-11-34-17)28-30(19)22(24)27-20/h2-8,11,14H,9-10,12-13H2,1H3,(H2,24,27). The molecule has 0 radical (unpaired) electrons. The summed E-state index contributed by atoms with van der Waals surface area (Å²) in [6, 6.07) is 13.1. The number of hydrogen-bond acceptors (Lipinski definition) is 8. The Kier molecular flexibility index (Phi) is 4.59. The van der Waals surface area contributed by atoms with Crippen molar-refractivity contribution in [2.24, 2.45) is 0 Å². The van der Waals surface area contributed by atoms with Crippen molar-refractivity contribution in [2.75, 3.05) is 32.0 Å². The van der Waals surface area contributed by atoms with Crippen molar-refractivity contribution in [3.8, 4) is 11.6 Å². The van der Waals surface area contributed by atoms with E-state index in [1.54, 1.807) is 34.2 Å². The number of fused-ring (bicyclic) bond motifs is 3. The fraction of sp³-hybridized carbons (Fsp3) is 0.261. The number of nitrogens with zero attached hydrogens (tertiary/aromatic N) is 7. The van der Waals surface area contributed by atoms with Crippen LogP contribution in [0.15, 0.2) is 59.3 Å². The van der Waals surface area contributed by atoms with Crippen LogP contribution in [0.2, 0.25) is 0 Å². The third-order valence-electron chi connectivity index (χ3n) is 6.25. The molecule has 4 aromatic heterocycles. The molecule has 1 fully saturated rings. The molecule has 1 aliphatic rings. The van der Waals surface area contributed by atoms with Crippen LogP contribution in [-0.2, 0) is 15.1 Å². The van der Waals surface area contributed by atoms with Crippen molar-refractivity contribution in [1.82, 2.24) is 34.3 Å². The predicted octanol–water partition coefficient (Wildman–Crippen LogP) is 1.94. The van der Waals surface area contributed by atoms with Gasteiger partial charge in [0.1, 0.15) is 0 Å². The number of aromatic nitrogens is 6. The molecule has 0 bridgehead atoms. The van der Waals surface area contributed by atoms with E-state index in [4.69, 9.17) is 14.9 Å². The van der Waals surface area contributed by atoms with Gasteiger partial charge in [0.2, 0.25) is 11.8 Å². The summed E-state index contributed by atoms with van der Waals surface area (Å²) in [5, 5.41) is 9.70. The van der Waals surface area contributed by atoms with E-state index in [2.05, 4.69) is 20.2 Å². The van der Waals surface area contributed by atoms with Crippen LogP contribution in [-0.4, -0.2) is 66.5 Å². The van der Waals surface area contributed by atoms with Crippen LogP contribution in [0, 0.1) is 0 Å². The van der Waals surface area contributed by atoms with Crippen LogP contribution in [0.4, 0.5) is 5.95 Å². The summed E-state index contributed by atoms with van der Waals surface area (Å²) >= 11 is 0. The summed E-state index contributed by atoms with van der Waals surface area (Å²) < 4.78 is 14.0. The second-order valence-corrected chi connectivity index (χ2v) is 8.25. The fourth-order valence-electron chi connectivity index (χ4n) is 4.42. The van der Waals surface area contributed by atoms with Crippen molar-refractivity contribution in [3.05, 3.63) is 60.5 Å². The van der Waals surface area contributed by atoms with Crippen LogP contribution < -0.4 is 5.73 Å². The third-order valence-corrected chi connectivity index (χ3v) is 6.25.